The van der Waals surface area contributed by atoms with Crippen molar-refractivity contribution in [2.75, 3.05) is 19.5 Å². The van der Waals surface area contributed by atoms with Crippen molar-refractivity contribution in [1.29, 1.82) is 0 Å². The van der Waals surface area contributed by atoms with Gasteiger partial charge in [0.15, 0.2) is 0 Å². The lowest BCUT2D eigenvalue weighted by molar-refractivity contribution is 0.0669. The van der Waals surface area contributed by atoms with E-state index in [1.54, 1.807) is 14.2 Å². The van der Waals surface area contributed by atoms with Crippen molar-refractivity contribution in [1.82, 2.24) is 0 Å². The molecule has 0 saturated heterocycles. The quantitative estimate of drug-likeness (QED) is 0.904. The van der Waals surface area contributed by atoms with Crippen LogP contribution in [0.3, 0.4) is 0 Å². The van der Waals surface area contributed by atoms with Gasteiger partial charge in [-0.3, -0.25) is 0 Å². The summed E-state index contributed by atoms with van der Waals surface area (Å²) >= 11 is 6.11. The van der Waals surface area contributed by atoms with E-state index in [1.165, 1.54) is 12.8 Å². The van der Waals surface area contributed by atoms with Crippen LogP contribution in [0, 0.1) is 0 Å². The van der Waals surface area contributed by atoms with Crippen LogP contribution in [0.2, 0.25) is 5.02 Å². The van der Waals surface area contributed by atoms with Gasteiger partial charge in [0.05, 0.1) is 18.2 Å². The van der Waals surface area contributed by atoms with E-state index in [9.17, 15) is 0 Å². The third kappa shape index (κ3) is 3.30. The van der Waals surface area contributed by atoms with Crippen LogP contribution in [0.25, 0.3) is 0 Å². The molecule has 0 radical (unpaired) electrons. The summed E-state index contributed by atoms with van der Waals surface area (Å²) in [5, 5.41) is 4.16. The molecule has 100 valence electrons. The zero-order chi connectivity index (χ0) is 13.0. The first kappa shape index (κ1) is 13.5. The van der Waals surface area contributed by atoms with Gasteiger partial charge in [0.2, 0.25) is 0 Å². The van der Waals surface area contributed by atoms with Crippen LogP contribution < -0.4 is 10.1 Å². The molecule has 1 aromatic carbocycles. The van der Waals surface area contributed by atoms with E-state index >= 15 is 0 Å². The first-order valence-corrected chi connectivity index (χ1v) is 6.73. The molecule has 1 fully saturated rings. The number of halogens is 1. The van der Waals surface area contributed by atoms with Crippen LogP contribution in [0.5, 0.6) is 5.75 Å². The normalized spacial score (nSPS) is 23.7. The molecule has 1 aliphatic carbocycles. The summed E-state index contributed by atoms with van der Waals surface area (Å²) in [5.41, 5.74) is 1.04. The maximum atomic E-state index is 6.11. The molecular formula is C14H20ClNO2. The number of ether oxygens (including phenoxy) is 2. The number of benzene rings is 1. The summed E-state index contributed by atoms with van der Waals surface area (Å²) < 4.78 is 10.6. The van der Waals surface area contributed by atoms with Gasteiger partial charge in [-0.2, -0.15) is 0 Å². The Kier molecular flexibility index (Phi) is 4.72. The Morgan fingerprint density at radius 1 is 1.28 bits per heavy atom. The van der Waals surface area contributed by atoms with Crippen molar-refractivity contribution < 1.29 is 9.47 Å². The molecular weight excluding hydrogens is 250 g/mol. The molecule has 1 N–H and O–H groups in total. The van der Waals surface area contributed by atoms with E-state index in [1.807, 2.05) is 18.2 Å². The monoisotopic (exact) mass is 269 g/mol. The first-order valence-electron chi connectivity index (χ1n) is 6.36. The van der Waals surface area contributed by atoms with E-state index in [4.69, 9.17) is 21.1 Å². The summed E-state index contributed by atoms with van der Waals surface area (Å²) in [4.78, 5) is 0. The Morgan fingerprint density at radius 2 is 2.11 bits per heavy atom. The van der Waals surface area contributed by atoms with Crippen LogP contribution in [-0.2, 0) is 4.74 Å². The Balaban J connectivity index is 1.98. The largest absolute Gasteiger partial charge is 0.495 e. The second kappa shape index (κ2) is 6.30. The van der Waals surface area contributed by atoms with Gasteiger partial charge in [-0.25, -0.2) is 0 Å². The minimum atomic E-state index is 0.380. The van der Waals surface area contributed by atoms with E-state index in [0.717, 1.165) is 18.5 Å². The molecule has 18 heavy (non-hydrogen) atoms. The molecule has 0 spiro atoms. The van der Waals surface area contributed by atoms with Crippen molar-refractivity contribution >= 4 is 17.3 Å². The molecule has 0 bridgehead atoms. The highest BCUT2D eigenvalue weighted by molar-refractivity contribution is 6.32. The number of hydrogen-bond donors (Lipinski definition) is 1. The average molecular weight is 270 g/mol. The van der Waals surface area contributed by atoms with Crippen molar-refractivity contribution in [2.24, 2.45) is 0 Å². The number of methoxy groups -OCH3 is 2. The highest BCUT2D eigenvalue weighted by Gasteiger charge is 2.21. The zero-order valence-electron chi connectivity index (χ0n) is 10.9. The molecule has 0 amide bonds. The van der Waals surface area contributed by atoms with Gasteiger partial charge >= 0.3 is 0 Å². The predicted molar refractivity (Wildman–Crippen MR) is 74.7 cm³/mol. The number of rotatable bonds is 4. The summed E-state index contributed by atoms with van der Waals surface area (Å²) in [6, 6.07) is 6.27. The Hall–Kier alpha value is -0.930. The number of anilines is 1. The fourth-order valence-corrected chi connectivity index (χ4v) is 2.74. The van der Waals surface area contributed by atoms with Crippen LogP contribution in [0.4, 0.5) is 5.69 Å². The van der Waals surface area contributed by atoms with Crippen molar-refractivity contribution in [2.45, 2.75) is 37.8 Å². The molecule has 1 aromatic rings. The molecule has 1 aliphatic rings. The van der Waals surface area contributed by atoms with Crippen molar-refractivity contribution in [3.63, 3.8) is 0 Å². The molecule has 1 saturated carbocycles. The fraction of sp³-hybridized carbons (Fsp3) is 0.571. The minimum Gasteiger partial charge on any atom is -0.495 e. The van der Waals surface area contributed by atoms with Gasteiger partial charge in [-0.05, 0) is 43.9 Å². The van der Waals surface area contributed by atoms with Crippen molar-refractivity contribution in [3.05, 3.63) is 23.2 Å². The number of nitrogens with one attached hydrogen (secondary N) is 1. The fourth-order valence-electron chi connectivity index (χ4n) is 2.48. The Morgan fingerprint density at radius 3 is 2.78 bits per heavy atom. The molecule has 0 aromatic heterocycles. The average Bonchev–Trinajstić information content (AvgIpc) is 2.39. The molecule has 4 heteroatoms. The minimum absolute atomic E-state index is 0.380. The molecule has 3 nitrogen and oxygen atoms in total. The lowest BCUT2D eigenvalue weighted by Gasteiger charge is -2.29. The lowest BCUT2D eigenvalue weighted by Crippen LogP contribution is -2.30. The van der Waals surface area contributed by atoms with Crippen LogP contribution >= 0.6 is 11.6 Å². The standard InChI is InChI=1S/C14H20ClNO2/c1-17-12-5-3-4-10(8-12)16-11-6-7-14(18-2)13(15)9-11/h6-7,9-10,12,16H,3-5,8H2,1-2H3. The second-order valence-corrected chi connectivity index (χ2v) is 5.12. The van der Waals surface area contributed by atoms with Crippen LogP contribution in [0.15, 0.2) is 18.2 Å². The SMILES string of the molecule is COc1ccc(NC2CCCC(OC)C2)cc1Cl. The van der Waals surface area contributed by atoms with Gasteiger partial charge in [-0.1, -0.05) is 11.6 Å². The van der Waals surface area contributed by atoms with Gasteiger partial charge < -0.3 is 14.8 Å². The molecule has 2 unspecified atom stereocenters. The van der Waals surface area contributed by atoms with E-state index < -0.39 is 0 Å². The molecule has 0 heterocycles. The van der Waals surface area contributed by atoms with Gasteiger partial charge in [0, 0.05) is 18.8 Å². The van der Waals surface area contributed by atoms with E-state index in [2.05, 4.69) is 5.32 Å². The lowest BCUT2D eigenvalue weighted by atomic mass is 9.92. The first-order chi connectivity index (χ1) is 8.72. The Bertz CT molecular complexity index is 397. The van der Waals surface area contributed by atoms with E-state index in [0.29, 0.717) is 22.9 Å². The maximum Gasteiger partial charge on any atom is 0.137 e. The van der Waals surface area contributed by atoms with Gasteiger partial charge in [0.1, 0.15) is 5.75 Å². The second-order valence-electron chi connectivity index (χ2n) is 4.71. The van der Waals surface area contributed by atoms with E-state index in [-0.39, 0.29) is 0 Å². The van der Waals surface area contributed by atoms with Gasteiger partial charge in [0.25, 0.3) is 0 Å². The molecule has 0 aliphatic heterocycles. The summed E-state index contributed by atoms with van der Waals surface area (Å²) in [6.07, 6.45) is 4.99. The summed E-state index contributed by atoms with van der Waals surface area (Å²) in [6.45, 7) is 0. The topological polar surface area (TPSA) is 30.5 Å². The third-order valence-corrected chi connectivity index (χ3v) is 3.78. The highest BCUT2D eigenvalue weighted by Crippen LogP contribution is 2.29. The number of hydrogen-bond acceptors (Lipinski definition) is 3. The molecule has 2 atom stereocenters. The molecule has 2 rings (SSSR count). The smallest absolute Gasteiger partial charge is 0.137 e. The highest BCUT2D eigenvalue weighted by atomic mass is 35.5. The zero-order valence-corrected chi connectivity index (χ0v) is 11.7. The maximum absolute atomic E-state index is 6.11. The Labute approximate surface area is 113 Å². The summed E-state index contributed by atoms with van der Waals surface area (Å²) in [5.74, 6) is 0.709. The van der Waals surface area contributed by atoms with Crippen LogP contribution in [-0.4, -0.2) is 26.4 Å². The predicted octanol–water partition coefficient (Wildman–Crippen LogP) is 3.72. The van der Waals surface area contributed by atoms with Crippen LogP contribution in [0.1, 0.15) is 25.7 Å². The van der Waals surface area contributed by atoms with Gasteiger partial charge in [-0.15, -0.1) is 0 Å². The van der Waals surface area contributed by atoms with Crippen molar-refractivity contribution in [3.8, 4) is 5.75 Å². The third-order valence-electron chi connectivity index (χ3n) is 3.48. The summed E-state index contributed by atoms with van der Waals surface area (Å²) in [7, 11) is 3.41.